The predicted molar refractivity (Wildman–Crippen MR) is 92.6 cm³/mol. The first kappa shape index (κ1) is 15.6. The molecule has 0 radical (unpaired) electrons. The number of fused-ring (bicyclic) bond motifs is 1. The summed E-state index contributed by atoms with van der Waals surface area (Å²) < 4.78 is 5.57. The largest absolute Gasteiger partial charge is 0.439 e. The van der Waals surface area contributed by atoms with Crippen LogP contribution in [0.3, 0.4) is 0 Å². The Morgan fingerprint density at radius 2 is 2.00 bits per heavy atom. The molecule has 126 valence electrons. The van der Waals surface area contributed by atoms with Gasteiger partial charge in [-0.1, -0.05) is 11.8 Å². The van der Waals surface area contributed by atoms with Crippen LogP contribution in [0.5, 0.6) is 0 Å². The highest BCUT2D eigenvalue weighted by Gasteiger charge is 2.64. The summed E-state index contributed by atoms with van der Waals surface area (Å²) in [5.74, 6) is 6.55. The minimum Gasteiger partial charge on any atom is -0.439 e. The molecule has 2 fully saturated rings. The molecule has 2 atom stereocenters. The normalized spacial score (nSPS) is 27.4. The van der Waals surface area contributed by atoms with Crippen LogP contribution in [0.4, 0.5) is 10.6 Å². The zero-order chi connectivity index (χ0) is 17.5. The first-order chi connectivity index (χ1) is 12.0. The van der Waals surface area contributed by atoms with Crippen molar-refractivity contribution < 1.29 is 9.53 Å². The van der Waals surface area contributed by atoms with E-state index in [0.29, 0.717) is 12.2 Å². The number of hydrogen-bond acceptors (Lipinski definition) is 5. The lowest BCUT2D eigenvalue weighted by atomic mass is 9.93. The van der Waals surface area contributed by atoms with Crippen LogP contribution in [0, 0.1) is 11.8 Å². The van der Waals surface area contributed by atoms with Crippen molar-refractivity contribution in [3.63, 3.8) is 0 Å². The van der Waals surface area contributed by atoms with Gasteiger partial charge in [0.2, 0.25) is 0 Å². The molecule has 1 amide bonds. The van der Waals surface area contributed by atoms with E-state index in [2.05, 4.69) is 21.8 Å². The molecule has 4 rings (SSSR count). The predicted octanol–water partition coefficient (Wildman–Crippen LogP) is 2.43. The van der Waals surface area contributed by atoms with Gasteiger partial charge in [0.05, 0.1) is 0 Å². The van der Waals surface area contributed by atoms with Crippen LogP contribution in [0.15, 0.2) is 42.9 Å². The number of amides is 1. The van der Waals surface area contributed by atoms with Crippen LogP contribution in [-0.4, -0.2) is 27.3 Å². The van der Waals surface area contributed by atoms with Gasteiger partial charge in [-0.05, 0) is 50.5 Å². The van der Waals surface area contributed by atoms with E-state index in [1.54, 1.807) is 24.7 Å². The topological polar surface area (TPSA) is 81.3 Å². The van der Waals surface area contributed by atoms with Crippen LogP contribution in [0.25, 0.3) is 0 Å². The Morgan fingerprint density at radius 3 is 2.68 bits per heavy atom. The number of nitrogens with zero attached hydrogens (tertiary/aromatic N) is 3. The summed E-state index contributed by atoms with van der Waals surface area (Å²) in [5, 5.41) is 0. The molecule has 2 aromatic heterocycles. The number of rotatable bonds is 1. The third-order valence-corrected chi connectivity index (χ3v) is 5.01. The van der Waals surface area contributed by atoms with Crippen molar-refractivity contribution in [1.82, 2.24) is 9.97 Å². The zero-order valence-electron chi connectivity index (χ0n) is 13.9. The van der Waals surface area contributed by atoms with Gasteiger partial charge in [-0.25, -0.2) is 14.7 Å². The molecule has 6 nitrogen and oxygen atoms in total. The molecular formula is C19H18N4O2. The van der Waals surface area contributed by atoms with Gasteiger partial charge in [-0.3, -0.25) is 4.98 Å². The van der Waals surface area contributed by atoms with Gasteiger partial charge in [0, 0.05) is 29.7 Å². The van der Waals surface area contributed by atoms with Gasteiger partial charge in [0.25, 0.3) is 0 Å². The average Bonchev–Trinajstić information content (AvgIpc) is 2.99. The summed E-state index contributed by atoms with van der Waals surface area (Å²) in [4.78, 5) is 22.2. The molecule has 2 aromatic rings. The standard InChI is InChI=1S/C19H18N4O2/c1-18-9-3-10-19(18,20)23(17(24)25-18)16-8-7-15(13-22-16)6-5-14-4-2-11-21-12-14/h2,4,7-8,11-13H,3,9-10,20H2,1H3. The van der Waals surface area contributed by atoms with Crippen LogP contribution in [0.1, 0.15) is 37.3 Å². The van der Waals surface area contributed by atoms with Crippen molar-refractivity contribution in [3.05, 3.63) is 54.0 Å². The van der Waals surface area contributed by atoms with Crippen molar-refractivity contribution in [2.24, 2.45) is 5.73 Å². The smallest absolute Gasteiger partial charge is 0.417 e. The van der Waals surface area contributed by atoms with E-state index >= 15 is 0 Å². The van der Waals surface area contributed by atoms with E-state index < -0.39 is 17.4 Å². The summed E-state index contributed by atoms with van der Waals surface area (Å²) in [6.45, 7) is 1.89. The Bertz CT molecular complexity index is 872. The van der Waals surface area contributed by atoms with Gasteiger partial charge in [0.15, 0.2) is 0 Å². The quantitative estimate of drug-likeness (QED) is 0.810. The summed E-state index contributed by atoms with van der Waals surface area (Å²) >= 11 is 0. The fraction of sp³-hybridized carbons (Fsp3) is 0.316. The van der Waals surface area contributed by atoms with E-state index in [1.165, 1.54) is 4.90 Å². The lowest BCUT2D eigenvalue weighted by molar-refractivity contribution is 0.0377. The highest BCUT2D eigenvalue weighted by Crippen LogP contribution is 2.48. The van der Waals surface area contributed by atoms with Crippen molar-refractivity contribution in [2.75, 3.05) is 4.90 Å². The van der Waals surface area contributed by atoms with Gasteiger partial charge in [0.1, 0.15) is 17.1 Å². The minimum atomic E-state index is -0.847. The number of carbonyl (C=O) groups excluding carboxylic acids is 1. The van der Waals surface area contributed by atoms with Crippen LogP contribution >= 0.6 is 0 Å². The molecule has 1 aliphatic heterocycles. The van der Waals surface area contributed by atoms with E-state index in [4.69, 9.17) is 10.5 Å². The number of carbonyl (C=O) groups is 1. The Hall–Kier alpha value is -2.91. The molecule has 1 saturated carbocycles. The number of ether oxygens (including phenoxy) is 1. The SMILES string of the molecule is CC12CCCC1(N)N(c1ccc(C#Cc3cccnc3)cn1)C(=O)O2. The molecule has 25 heavy (non-hydrogen) atoms. The Morgan fingerprint density at radius 1 is 1.20 bits per heavy atom. The highest BCUT2D eigenvalue weighted by molar-refractivity contribution is 5.91. The molecule has 1 saturated heterocycles. The molecule has 2 unspecified atom stereocenters. The van der Waals surface area contributed by atoms with Gasteiger partial charge in [-0.15, -0.1) is 0 Å². The van der Waals surface area contributed by atoms with Crippen molar-refractivity contribution in [1.29, 1.82) is 0 Å². The maximum atomic E-state index is 12.3. The fourth-order valence-corrected chi connectivity index (χ4v) is 3.54. The van der Waals surface area contributed by atoms with Crippen LogP contribution in [-0.2, 0) is 4.74 Å². The Kier molecular flexibility index (Phi) is 3.48. The second kappa shape index (κ2) is 5.57. The highest BCUT2D eigenvalue weighted by atomic mass is 16.6. The fourth-order valence-electron chi connectivity index (χ4n) is 3.54. The second-order valence-corrected chi connectivity index (χ2v) is 6.61. The van der Waals surface area contributed by atoms with Crippen LogP contribution in [0.2, 0.25) is 0 Å². The van der Waals surface area contributed by atoms with E-state index in [0.717, 1.165) is 24.0 Å². The van der Waals surface area contributed by atoms with Crippen molar-refractivity contribution >= 4 is 11.9 Å². The molecule has 0 spiro atoms. The molecule has 6 heteroatoms. The number of aromatic nitrogens is 2. The summed E-state index contributed by atoms with van der Waals surface area (Å²) in [6.07, 6.45) is 6.99. The third-order valence-electron chi connectivity index (χ3n) is 5.01. The minimum absolute atomic E-state index is 0.439. The zero-order valence-corrected chi connectivity index (χ0v) is 13.9. The first-order valence-electron chi connectivity index (χ1n) is 8.22. The molecule has 1 aliphatic carbocycles. The lowest BCUT2D eigenvalue weighted by Gasteiger charge is -2.35. The second-order valence-electron chi connectivity index (χ2n) is 6.61. The number of anilines is 1. The third kappa shape index (κ3) is 2.44. The number of nitrogens with two attached hydrogens (primary N) is 1. The Balaban J connectivity index is 1.61. The molecule has 2 N–H and O–H groups in total. The van der Waals surface area contributed by atoms with Crippen molar-refractivity contribution in [2.45, 2.75) is 37.5 Å². The Labute approximate surface area is 146 Å². The van der Waals surface area contributed by atoms with E-state index in [1.807, 2.05) is 25.1 Å². The summed E-state index contributed by atoms with van der Waals surface area (Å²) in [5.41, 5.74) is 6.62. The van der Waals surface area contributed by atoms with Gasteiger partial charge >= 0.3 is 6.09 Å². The van der Waals surface area contributed by atoms with E-state index in [-0.39, 0.29) is 0 Å². The first-order valence-corrected chi connectivity index (χ1v) is 8.22. The maximum Gasteiger partial charge on any atom is 0.417 e. The molecule has 2 aliphatic rings. The number of hydrogen-bond donors (Lipinski definition) is 1. The molecule has 3 heterocycles. The van der Waals surface area contributed by atoms with Gasteiger partial charge in [-0.2, -0.15) is 0 Å². The van der Waals surface area contributed by atoms with Crippen LogP contribution < -0.4 is 10.6 Å². The molecular weight excluding hydrogens is 316 g/mol. The number of pyridine rings is 2. The summed E-state index contributed by atoms with van der Waals surface area (Å²) in [6, 6.07) is 7.31. The lowest BCUT2D eigenvalue weighted by Crippen LogP contribution is -2.61. The molecule has 0 aromatic carbocycles. The van der Waals surface area contributed by atoms with Gasteiger partial charge < -0.3 is 10.5 Å². The van der Waals surface area contributed by atoms with E-state index in [9.17, 15) is 4.79 Å². The summed E-state index contributed by atoms with van der Waals surface area (Å²) in [7, 11) is 0. The maximum absolute atomic E-state index is 12.3. The average molecular weight is 334 g/mol. The monoisotopic (exact) mass is 334 g/mol. The molecule has 0 bridgehead atoms. The van der Waals surface area contributed by atoms with Crippen molar-refractivity contribution in [3.8, 4) is 11.8 Å².